The highest BCUT2D eigenvalue weighted by atomic mass is 16.3. The lowest BCUT2D eigenvalue weighted by molar-refractivity contribution is -0.122. The molecule has 2 N–H and O–H groups in total. The van der Waals surface area contributed by atoms with Crippen molar-refractivity contribution in [2.24, 2.45) is 0 Å². The van der Waals surface area contributed by atoms with Crippen LogP contribution in [0.15, 0.2) is 48.9 Å². The van der Waals surface area contributed by atoms with E-state index >= 15 is 0 Å². The van der Waals surface area contributed by atoms with Crippen LogP contribution < -0.4 is 5.32 Å². The van der Waals surface area contributed by atoms with E-state index in [1.54, 1.807) is 36.7 Å². The number of amides is 2. The molecule has 26 heavy (non-hydrogen) atoms. The van der Waals surface area contributed by atoms with E-state index in [0.29, 0.717) is 35.4 Å². The van der Waals surface area contributed by atoms with Gasteiger partial charge in [0.25, 0.3) is 11.8 Å². The maximum Gasteiger partial charge on any atom is 0.261 e. The molecule has 1 aliphatic rings. The van der Waals surface area contributed by atoms with Gasteiger partial charge in [0.15, 0.2) is 0 Å². The monoisotopic (exact) mass is 348 g/mol. The lowest BCUT2D eigenvalue weighted by Gasteiger charge is -2.02. The van der Waals surface area contributed by atoms with Gasteiger partial charge in [-0.15, -0.1) is 0 Å². The van der Waals surface area contributed by atoms with Crippen LogP contribution in [0, 0.1) is 0 Å². The Labute approximate surface area is 149 Å². The van der Waals surface area contributed by atoms with Gasteiger partial charge in [-0.25, -0.2) is 4.98 Å². The third-order valence-electron chi connectivity index (χ3n) is 4.31. The zero-order chi connectivity index (χ0) is 18.1. The number of rotatable bonds is 5. The molecule has 7 heteroatoms. The molecule has 0 fully saturated rings. The number of nitrogens with one attached hydrogen (secondary N) is 1. The predicted octanol–water partition coefficient (Wildman–Crippen LogP) is 1.38. The standard InChI is InChI=1S/C19H16N4O3/c24-10-4-9-23-11-13(12-5-3-8-21-17(12)23)15-16(19(26)22-18(15)25)14-6-1-2-7-20-14/h1-3,5-8,11,24H,4,9-10H2,(H,22,25,26). The average molecular weight is 348 g/mol. The number of fused-ring (bicyclic) bond motifs is 1. The number of imide groups is 1. The molecule has 0 saturated heterocycles. The molecule has 4 heterocycles. The molecular weight excluding hydrogens is 332 g/mol. The fourth-order valence-electron chi connectivity index (χ4n) is 3.20. The first-order valence-corrected chi connectivity index (χ1v) is 8.27. The minimum atomic E-state index is -0.455. The Kier molecular flexibility index (Phi) is 4.06. The number of aryl methyl sites for hydroxylation is 1. The van der Waals surface area contributed by atoms with Gasteiger partial charge in [-0.2, -0.15) is 0 Å². The molecule has 0 saturated carbocycles. The highest BCUT2D eigenvalue weighted by Crippen LogP contribution is 2.34. The summed E-state index contributed by atoms with van der Waals surface area (Å²) in [6, 6.07) is 8.89. The molecule has 0 unspecified atom stereocenters. The Morgan fingerprint density at radius 1 is 1.00 bits per heavy atom. The number of nitrogens with zero attached hydrogens (tertiary/aromatic N) is 3. The molecule has 7 nitrogen and oxygen atoms in total. The van der Waals surface area contributed by atoms with E-state index in [2.05, 4.69) is 15.3 Å². The summed E-state index contributed by atoms with van der Waals surface area (Å²) in [5.41, 5.74) is 2.35. The number of aliphatic hydroxyl groups is 1. The molecule has 0 bridgehead atoms. The van der Waals surface area contributed by atoms with Crippen molar-refractivity contribution in [2.75, 3.05) is 6.61 Å². The second kappa shape index (κ2) is 6.53. The molecule has 130 valence electrons. The third kappa shape index (κ3) is 2.58. The van der Waals surface area contributed by atoms with Gasteiger partial charge in [0.05, 0.1) is 16.8 Å². The van der Waals surface area contributed by atoms with Gasteiger partial charge in [-0.3, -0.25) is 19.9 Å². The molecule has 4 rings (SSSR count). The van der Waals surface area contributed by atoms with Crippen molar-refractivity contribution in [2.45, 2.75) is 13.0 Å². The number of aromatic nitrogens is 3. The van der Waals surface area contributed by atoms with Crippen LogP contribution in [-0.4, -0.2) is 38.1 Å². The summed E-state index contributed by atoms with van der Waals surface area (Å²) in [6.45, 7) is 0.620. The largest absolute Gasteiger partial charge is 0.396 e. The number of hydrogen-bond donors (Lipinski definition) is 2. The molecule has 1 aliphatic heterocycles. The van der Waals surface area contributed by atoms with Crippen molar-refractivity contribution >= 4 is 34.0 Å². The predicted molar refractivity (Wildman–Crippen MR) is 95.6 cm³/mol. The number of hydrogen-bond acceptors (Lipinski definition) is 5. The highest BCUT2D eigenvalue weighted by molar-refractivity contribution is 6.49. The van der Waals surface area contributed by atoms with Crippen LogP contribution >= 0.6 is 0 Å². The maximum absolute atomic E-state index is 12.5. The van der Waals surface area contributed by atoms with E-state index in [9.17, 15) is 9.59 Å². The molecule has 3 aromatic heterocycles. The van der Waals surface area contributed by atoms with Crippen LogP contribution in [0.2, 0.25) is 0 Å². The SMILES string of the molecule is O=C1NC(=O)C(c2cn(CCCO)c3ncccc23)=C1c1ccccn1. The third-order valence-corrected chi connectivity index (χ3v) is 4.31. The van der Waals surface area contributed by atoms with Crippen molar-refractivity contribution < 1.29 is 14.7 Å². The molecule has 0 spiro atoms. The second-order valence-electron chi connectivity index (χ2n) is 5.94. The summed E-state index contributed by atoms with van der Waals surface area (Å²) in [7, 11) is 0. The van der Waals surface area contributed by atoms with Crippen molar-refractivity contribution in [1.29, 1.82) is 0 Å². The van der Waals surface area contributed by atoms with Gasteiger partial charge >= 0.3 is 0 Å². The Morgan fingerprint density at radius 2 is 1.81 bits per heavy atom. The zero-order valence-electron chi connectivity index (χ0n) is 13.8. The summed E-state index contributed by atoms with van der Waals surface area (Å²) in [5, 5.41) is 12.3. The topological polar surface area (TPSA) is 97.1 Å². The highest BCUT2D eigenvalue weighted by Gasteiger charge is 2.34. The van der Waals surface area contributed by atoms with Crippen LogP contribution in [0.4, 0.5) is 0 Å². The average Bonchev–Trinajstić information content (AvgIpc) is 3.17. The van der Waals surface area contributed by atoms with Gasteiger partial charge in [0.1, 0.15) is 5.65 Å². The van der Waals surface area contributed by atoms with Gasteiger partial charge in [-0.05, 0) is 30.7 Å². The summed E-state index contributed by atoms with van der Waals surface area (Å²) >= 11 is 0. The zero-order valence-corrected chi connectivity index (χ0v) is 13.8. The minimum absolute atomic E-state index is 0.0582. The lowest BCUT2D eigenvalue weighted by Crippen LogP contribution is -2.22. The first-order chi connectivity index (χ1) is 12.7. The van der Waals surface area contributed by atoms with Crippen molar-refractivity contribution in [3.8, 4) is 0 Å². The second-order valence-corrected chi connectivity index (χ2v) is 5.94. The molecule has 0 radical (unpaired) electrons. The van der Waals surface area contributed by atoms with Crippen molar-refractivity contribution in [3.05, 3.63) is 60.2 Å². The fourth-order valence-corrected chi connectivity index (χ4v) is 3.20. The van der Waals surface area contributed by atoms with Crippen LogP contribution in [-0.2, 0) is 16.1 Å². The van der Waals surface area contributed by atoms with E-state index in [-0.39, 0.29) is 12.2 Å². The molecule has 0 aliphatic carbocycles. The Morgan fingerprint density at radius 3 is 2.58 bits per heavy atom. The maximum atomic E-state index is 12.5. The van der Waals surface area contributed by atoms with Crippen LogP contribution in [0.5, 0.6) is 0 Å². The van der Waals surface area contributed by atoms with E-state index in [1.807, 2.05) is 16.8 Å². The number of carbonyl (C=O) groups excluding carboxylic acids is 2. The normalized spacial score (nSPS) is 14.3. The van der Waals surface area contributed by atoms with Gasteiger partial charge < -0.3 is 9.67 Å². The summed E-state index contributed by atoms with van der Waals surface area (Å²) in [6.07, 6.45) is 5.64. The first kappa shape index (κ1) is 16.2. The summed E-state index contributed by atoms with van der Waals surface area (Å²) in [4.78, 5) is 33.6. The van der Waals surface area contributed by atoms with E-state index in [4.69, 9.17) is 5.11 Å². The summed E-state index contributed by atoms with van der Waals surface area (Å²) in [5.74, 6) is -0.899. The number of pyridine rings is 2. The van der Waals surface area contributed by atoms with Gasteiger partial charge in [0, 0.05) is 42.7 Å². The molecule has 3 aromatic rings. The number of aliphatic hydroxyl groups excluding tert-OH is 1. The number of carbonyl (C=O) groups is 2. The van der Waals surface area contributed by atoms with E-state index in [1.165, 1.54) is 0 Å². The first-order valence-electron chi connectivity index (χ1n) is 8.27. The summed E-state index contributed by atoms with van der Waals surface area (Å²) < 4.78 is 1.89. The Hall–Kier alpha value is -3.32. The Balaban J connectivity index is 1.97. The van der Waals surface area contributed by atoms with Crippen LogP contribution in [0.1, 0.15) is 17.7 Å². The smallest absolute Gasteiger partial charge is 0.261 e. The quantitative estimate of drug-likeness (QED) is 0.679. The van der Waals surface area contributed by atoms with E-state index < -0.39 is 11.8 Å². The molecular formula is C19H16N4O3. The van der Waals surface area contributed by atoms with Crippen LogP contribution in [0.25, 0.3) is 22.2 Å². The molecule has 0 aromatic carbocycles. The Bertz CT molecular complexity index is 1040. The van der Waals surface area contributed by atoms with Crippen LogP contribution in [0.3, 0.4) is 0 Å². The van der Waals surface area contributed by atoms with Gasteiger partial charge in [0.2, 0.25) is 0 Å². The van der Waals surface area contributed by atoms with Gasteiger partial charge in [-0.1, -0.05) is 6.07 Å². The van der Waals surface area contributed by atoms with Crippen molar-refractivity contribution in [1.82, 2.24) is 19.9 Å². The van der Waals surface area contributed by atoms with Crippen molar-refractivity contribution in [3.63, 3.8) is 0 Å². The lowest BCUT2D eigenvalue weighted by atomic mass is 9.99. The fraction of sp³-hybridized carbons (Fsp3) is 0.158. The van der Waals surface area contributed by atoms with E-state index in [0.717, 1.165) is 5.39 Å². The molecule has 0 atom stereocenters. The minimum Gasteiger partial charge on any atom is -0.396 e. The molecule has 2 amide bonds.